The fourth-order valence-electron chi connectivity index (χ4n) is 2.59. The summed E-state index contributed by atoms with van der Waals surface area (Å²) < 4.78 is 10.5. The van der Waals surface area contributed by atoms with E-state index < -0.39 is 0 Å². The Morgan fingerprint density at radius 1 is 1.47 bits per heavy atom. The third kappa shape index (κ3) is 5.89. The molecule has 0 saturated carbocycles. The quantitative estimate of drug-likeness (QED) is 0.669. The van der Waals surface area contributed by atoms with E-state index in [-0.39, 0.29) is 12.0 Å². The van der Waals surface area contributed by atoms with Crippen LogP contribution in [-0.2, 0) is 14.3 Å². The number of esters is 1. The fourth-order valence-corrected chi connectivity index (χ4v) is 2.59. The highest BCUT2D eigenvalue weighted by Crippen LogP contribution is 2.14. The molecule has 2 unspecified atom stereocenters. The normalized spacial score (nSPS) is 22.2. The minimum Gasteiger partial charge on any atom is -0.468 e. The zero-order chi connectivity index (χ0) is 14.1. The predicted octanol–water partition coefficient (Wildman–Crippen LogP) is 1.03. The van der Waals surface area contributed by atoms with Crippen LogP contribution in [0.15, 0.2) is 0 Å². The summed E-state index contributed by atoms with van der Waals surface area (Å²) in [6.45, 7) is 8.59. The van der Waals surface area contributed by atoms with Gasteiger partial charge < -0.3 is 19.7 Å². The lowest BCUT2D eigenvalue weighted by Crippen LogP contribution is -2.44. The molecule has 0 aromatic carbocycles. The second-order valence-corrected chi connectivity index (χ2v) is 4.94. The molecule has 1 heterocycles. The maximum atomic E-state index is 11.6. The van der Waals surface area contributed by atoms with Crippen molar-refractivity contribution in [3.63, 3.8) is 0 Å². The van der Waals surface area contributed by atoms with Gasteiger partial charge in [0.1, 0.15) is 6.04 Å². The number of hydrogen-bond donors (Lipinski definition) is 1. The van der Waals surface area contributed by atoms with Gasteiger partial charge in [0, 0.05) is 19.7 Å². The Balaban J connectivity index is 2.34. The molecule has 0 bridgehead atoms. The molecule has 0 spiro atoms. The third-order valence-electron chi connectivity index (χ3n) is 3.53. The summed E-state index contributed by atoms with van der Waals surface area (Å²) in [6.07, 6.45) is 3.47. The van der Waals surface area contributed by atoms with Crippen molar-refractivity contribution in [1.29, 1.82) is 0 Å². The van der Waals surface area contributed by atoms with Gasteiger partial charge >= 0.3 is 5.97 Å². The molecule has 0 amide bonds. The number of hydrogen-bond acceptors (Lipinski definition) is 5. The van der Waals surface area contributed by atoms with Crippen LogP contribution in [0.2, 0.25) is 0 Å². The van der Waals surface area contributed by atoms with Crippen LogP contribution >= 0.6 is 0 Å². The average molecular weight is 272 g/mol. The molecule has 19 heavy (non-hydrogen) atoms. The van der Waals surface area contributed by atoms with Gasteiger partial charge in [-0.1, -0.05) is 6.92 Å². The lowest BCUT2D eigenvalue weighted by Gasteiger charge is -2.33. The summed E-state index contributed by atoms with van der Waals surface area (Å²) in [5.74, 6) is -0.166. The first kappa shape index (κ1) is 16.4. The first-order valence-corrected chi connectivity index (χ1v) is 7.36. The number of carbonyl (C=O) groups excluding carboxylic acids is 1. The van der Waals surface area contributed by atoms with Crippen molar-refractivity contribution in [2.24, 2.45) is 0 Å². The van der Waals surface area contributed by atoms with E-state index in [0.29, 0.717) is 6.10 Å². The average Bonchev–Trinajstić information content (AvgIpc) is 2.43. The van der Waals surface area contributed by atoms with E-state index in [1.807, 2.05) is 13.8 Å². The number of likely N-dealkylation sites (N-methyl/N-ethyl adjacent to an activating group) is 1. The lowest BCUT2D eigenvalue weighted by atomic mass is 10.1. The van der Waals surface area contributed by atoms with Crippen molar-refractivity contribution in [1.82, 2.24) is 10.2 Å². The minimum absolute atomic E-state index is 0.166. The molecular weight excluding hydrogens is 244 g/mol. The number of likely N-dealkylation sites (tertiary alicyclic amines) is 1. The van der Waals surface area contributed by atoms with Crippen LogP contribution in [0.25, 0.3) is 0 Å². The number of ether oxygens (including phenoxy) is 2. The summed E-state index contributed by atoms with van der Waals surface area (Å²) >= 11 is 0. The Hall–Kier alpha value is -0.650. The van der Waals surface area contributed by atoms with Crippen LogP contribution in [0.5, 0.6) is 0 Å². The largest absolute Gasteiger partial charge is 0.468 e. The van der Waals surface area contributed by atoms with Crippen molar-refractivity contribution >= 4 is 5.97 Å². The standard InChI is InChI=1S/C14H28N2O3/c1-4-15-13(14(17)18-3)8-10-16-9-6-7-12(11-16)19-5-2/h12-13,15H,4-11H2,1-3H3. The highest BCUT2D eigenvalue weighted by Gasteiger charge is 2.23. The second kappa shape index (κ2) is 9.28. The molecule has 1 fully saturated rings. The zero-order valence-corrected chi connectivity index (χ0v) is 12.5. The highest BCUT2D eigenvalue weighted by molar-refractivity contribution is 5.75. The van der Waals surface area contributed by atoms with Gasteiger partial charge in [0.05, 0.1) is 13.2 Å². The highest BCUT2D eigenvalue weighted by atomic mass is 16.5. The van der Waals surface area contributed by atoms with E-state index in [2.05, 4.69) is 10.2 Å². The van der Waals surface area contributed by atoms with Crippen LogP contribution in [0, 0.1) is 0 Å². The molecule has 112 valence electrons. The van der Waals surface area contributed by atoms with Gasteiger partial charge in [-0.3, -0.25) is 4.79 Å². The molecule has 2 atom stereocenters. The molecule has 1 aliphatic heterocycles. The molecule has 1 rings (SSSR count). The van der Waals surface area contributed by atoms with Crippen molar-refractivity contribution in [2.75, 3.05) is 39.9 Å². The van der Waals surface area contributed by atoms with Gasteiger partial charge in [0.2, 0.25) is 0 Å². The Morgan fingerprint density at radius 2 is 2.26 bits per heavy atom. The van der Waals surface area contributed by atoms with E-state index in [0.717, 1.165) is 45.6 Å². The first-order valence-electron chi connectivity index (χ1n) is 7.36. The van der Waals surface area contributed by atoms with Crippen LogP contribution in [0.3, 0.4) is 0 Å². The van der Waals surface area contributed by atoms with E-state index in [9.17, 15) is 4.79 Å². The van der Waals surface area contributed by atoms with Crippen molar-refractivity contribution in [3.8, 4) is 0 Å². The Morgan fingerprint density at radius 3 is 2.89 bits per heavy atom. The third-order valence-corrected chi connectivity index (χ3v) is 3.53. The molecular formula is C14H28N2O3. The number of piperidine rings is 1. The molecule has 0 aliphatic carbocycles. The SMILES string of the molecule is CCNC(CCN1CCCC(OCC)C1)C(=O)OC. The number of nitrogens with one attached hydrogen (secondary N) is 1. The number of methoxy groups -OCH3 is 1. The van der Waals surface area contributed by atoms with Crippen LogP contribution < -0.4 is 5.32 Å². The topological polar surface area (TPSA) is 50.8 Å². The summed E-state index contributed by atoms with van der Waals surface area (Å²) in [7, 11) is 1.44. The molecule has 5 nitrogen and oxygen atoms in total. The summed E-state index contributed by atoms with van der Waals surface area (Å²) in [4.78, 5) is 14.0. The van der Waals surface area contributed by atoms with E-state index >= 15 is 0 Å². The van der Waals surface area contributed by atoms with Crippen LogP contribution in [-0.4, -0.2) is 62.9 Å². The molecule has 1 N–H and O–H groups in total. The van der Waals surface area contributed by atoms with E-state index in [4.69, 9.17) is 9.47 Å². The van der Waals surface area contributed by atoms with Crippen LogP contribution in [0.4, 0.5) is 0 Å². The molecule has 5 heteroatoms. The zero-order valence-electron chi connectivity index (χ0n) is 12.5. The Labute approximate surface area is 116 Å². The van der Waals surface area contributed by atoms with Gasteiger partial charge in [0.15, 0.2) is 0 Å². The minimum atomic E-state index is -0.192. The Bertz CT molecular complexity index is 259. The lowest BCUT2D eigenvalue weighted by molar-refractivity contribution is -0.143. The van der Waals surface area contributed by atoms with Gasteiger partial charge in [0.25, 0.3) is 0 Å². The van der Waals surface area contributed by atoms with E-state index in [1.54, 1.807) is 0 Å². The first-order chi connectivity index (χ1) is 9.21. The van der Waals surface area contributed by atoms with E-state index in [1.165, 1.54) is 13.5 Å². The van der Waals surface area contributed by atoms with Crippen molar-refractivity contribution in [3.05, 3.63) is 0 Å². The smallest absolute Gasteiger partial charge is 0.322 e. The molecule has 1 saturated heterocycles. The van der Waals surface area contributed by atoms with Crippen molar-refractivity contribution in [2.45, 2.75) is 45.3 Å². The van der Waals surface area contributed by atoms with Crippen molar-refractivity contribution < 1.29 is 14.3 Å². The van der Waals surface area contributed by atoms with Gasteiger partial charge in [-0.15, -0.1) is 0 Å². The van der Waals surface area contributed by atoms with Gasteiger partial charge in [-0.2, -0.15) is 0 Å². The maximum absolute atomic E-state index is 11.6. The number of rotatable bonds is 8. The monoisotopic (exact) mass is 272 g/mol. The fraction of sp³-hybridized carbons (Fsp3) is 0.929. The summed E-state index contributed by atoms with van der Waals surface area (Å²) in [5.41, 5.74) is 0. The number of nitrogens with zero attached hydrogens (tertiary/aromatic N) is 1. The second-order valence-electron chi connectivity index (χ2n) is 4.94. The predicted molar refractivity (Wildman–Crippen MR) is 75.2 cm³/mol. The van der Waals surface area contributed by atoms with Gasteiger partial charge in [-0.05, 0) is 39.3 Å². The molecule has 1 aliphatic rings. The molecule has 0 aromatic rings. The van der Waals surface area contributed by atoms with Gasteiger partial charge in [-0.25, -0.2) is 0 Å². The summed E-state index contributed by atoms with van der Waals surface area (Å²) in [6, 6.07) is -0.192. The Kier molecular flexibility index (Phi) is 8.02. The number of carbonyl (C=O) groups is 1. The molecule has 0 radical (unpaired) electrons. The summed E-state index contributed by atoms with van der Waals surface area (Å²) in [5, 5.41) is 3.18. The van der Waals surface area contributed by atoms with Crippen LogP contribution in [0.1, 0.15) is 33.1 Å². The maximum Gasteiger partial charge on any atom is 0.322 e. The molecule has 0 aromatic heterocycles.